The van der Waals surface area contributed by atoms with Crippen LogP contribution in [0.1, 0.15) is 11.1 Å². The quantitative estimate of drug-likeness (QED) is 0.510. The fourth-order valence-corrected chi connectivity index (χ4v) is 3.58. The van der Waals surface area contributed by atoms with Gasteiger partial charge in [-0.25, -0.2) is 4.79 Å². The van der Waals surface area contributed by atoms with E-state index in [2.05, 4.69) is 5.32 Å². The smallest absolute Gasteiger partial charge is 0.332 e. The Hall–Kier alpha value is -4.13. The van der Waals surface area contributed by atoms with E-state index >= 15 is 0 Å². The first-order valence-corrected chi connectivity index (χ1v) is 10.2. The van der Waals surface area contributed by atoms with Crippen molar-refractivity contribution in [2.75, 3.05) is 12.4 Å². The summed E-state index contributed by atoms with van der Waals surface area (Å²) in [4.78, 5) is 39.1. The number of hydrogen-bond acceptors (Lipinski definition) is 4. The highest BCUT2D eigenvalue weighted by molar-refractivity contribution is 5.91. The van der Waals surface area contributed by atoms with E-state index < -0.39 is 5.69 Å². The highest BCUT2D eigenvalue weighted by atomic mass is 16.5. The second kappa shape index (κ2) is 8.93. The van der Waals surface area contributed by atoms with Gasteiger partial charge in [0, 0.05) is 11.8 Å². The van der Waals surface area contributed by atoms with Crippen molar-refractivity contribution in [3.05, 3.63) is 105 Å². The number of carbonyl (C=O) groups excluding carboxylic acids is 1. The van der Waals surface area contributed by atoms with Crippen LogP contribution in [0.15, 0.2) is 82.4 Å². The minimum atomic E-state index is -0.532. The van der Waals surface area contributed by atoms with Crippen LogP contribution in [0.25, 0.3) is 10.9 Å². The van der Waals surface area contributed by atoms with E-state index in [0.29, 0.717) is 22.3 Å². The second-order valence-corrected chi connectivity index (χ2v) is 7.54. The van der Waals surface area contributed by atoms with E-state index in [4.69, 9.17) is 4.74 Å². The summed E-state index contributed by atoms with van der Waals surface area (Å²) in [6.07, 6.45) is 0. The fraction of sp³-hybridized carbons (Fsp3) is 0.160. The number of amides is 1. The number of carbonyl (C=O) groups is 1. The number of methoxy groups -OCH3 is 1. The zero-order valence-electron chi connectivity index (χ0n) is 17.9. The van der Waals surface area contributed by atoms with Crippen LogP contribution in [-0.4, -0.2) is 22.2 Å². The van der Waals surface area contributed by atoms with E-state index in [-0.39, 0.29) is 24.6 Å². The number of benzene rings is 3. The zero-order chi connectivity index (χ0) is 22.7. The lowest BCUT2D eigenvalue weighted by Gasteiger charge is -2.14. The molecule has 3 aromatic carbocycles. The van der Waals surface area contributed by atoms with Crippen LogP contribution in [0.3, 0.4) is 0 Å². The van der Waals surface area contributed by atoms with Gasteiger partial charge in [-0.15, -0.1) is 0 Å². The van der Waals surface area contributed by atoms with Gasteiger partial charge in [-0.1, -0.05) is 48.0 Å². The molecule has 32 heavy (non-hydrogen) atoms. The van der Waals surface area contributed by atoms with E-state index in [1.807, 2.05) is 31.2 Å². The summed E-state index contributed by atoms with van der Waals surface area (Å²) in [6.45, 7) is 1.87. The number of ether oxygens (including phenoxy) is 1. The summed E-state index contributed by atoms with van der Waals surface area (Å²) >= 11 is 0. The van der Waals surface area contributed by atoms with Crippen LogP contribution in [0, 0.1) is 6.92 Å². The maximum Gasteiger partial charge on any atom is 0.332 e. The second-order valence-electron chi connectivity index (χ2n) is 7.54. The van der Waals surface area contributed by atoms with Crippen molar-refractivity contribution >= 4 is 22.5 Å². The van der Waals surface area contributed by atoms with Crippen LogP contribution >= 0.6 is 0 Å². The number of hydrogen-bond donors (Lipinski definition) is 1. The van der Waals surface area contributed by atoms with Crippen LogP contribution < -0.4 is 21.3 Å². The van der Waals surface area contributed by atoms with Gasteiger partial charge in [-0.2, -0.15) is 0 Å². The molecule has 4 rings (SSSR count). The van der Waals surface area contributed by atoms with Crippen LogP contribution in [0.2, 0.25) is 0 Å². The average molecular weight is 429 g/mol. The standard InChI is InChI=1S/C25H23N3O4/c1-17-10-12-18(13-11-17)15-28-24(30)21-8-3-4-9-22(21)27(25(28)31)16-23(29)26-19-6-5-7-20(14-19)32-2/h3-14H,15-16H2,1-2H3,(H,26,29). The van der Waals surface area contributed by atoms with Crippen molar-refractivity contribution in [1.29, 1.82) is 0 Å². The predicted molar refractivity (Wildman–Crippen MR) is 124 cm³/mol. The molecule has 0 aliphatic rings. The molecule has 0 atom stereocenters. The van der Waals surface area contributed by atoms with Crippen LogP contribution in [0.5, 0.6) is 5.75 Å². The summed E-state index contributed by atoms with van der Waals surface area (Å²) in [5.41, 5.74) is 1.98. The highest BCUT2D eigenvalue weighted by Gasteiger charge is 2.16. The predicted octanol–water partition coefficient (Wildman–Crippen LogP) is 3.17. The molecular formula is C25H23N3O4. The molecule has 1 amide bonds. The lowest BCUT2D eigenvalue weighted by Crippen LogP contribution is -2.42. The van der Waals surface area contributed by atoms with Gasteiger partial charge in [0.25, 0.3) is 5.56 Å². The van der Waals surface area contributed by atoms with Gasteiger partial charge in [0.1, 0.15) is 12.3 Å². The molecule has 1 N–H and O–H groups in total. The van der Waals surface area contributed by atoms with Crippen LogP contribution in [-0.2, 0) is 17.9 Å². The third kappa shape index (κ3) is 4.32. The van der Waals surface area contributed by atoms with Crippen molar-refractivity contribution in [2.24, 2.45) is 0 Å². The average Bonchev–Trinajstić information content (AvgIpc) is 2.81. The van der Waals surface area contributed by atoms with Crippen molar-refractivity contribution < 1.29 is 9.53 Å². The largest absolute Gasteiger partial charge is 0.497 e. The third-order valence-corrected chi connectivity index (χ3v) is 5.25. The Balaban J connectivity index is 1.73. The molecule has 0 aliphatic carbocycles. The first-order valence-electron chi connectivity index (χ1n) is 10.2. The molecule has 0 spiro atoms. The molecular weight excluding hydrogens is 406 g/mol. The summed E-state index contributed by atoms with van der Waals surface area (Å²) in [7, 11) is 1.55. The number of rotatable bonds is 6. The van der Waals surface area contributed by atoms with Crippen molar-refractivity contribution in [3.63, 3.8) is 0 Å². The molecule has 0 fully saturated rings. The van der Waals surface area contributed by atoms with Crippen molar-refractivity contribution in [1.82, 2.24) is 9.13 Å². The Labute approximate surface area is 184 Å². The van der Waals surface area contributed by atoms with Gasteiger partial charge in [-0.3, -0.25) is 18.7 Å². The summed E-state index contributed by atoms with van der Waals surface area (Å²) in [5.74, 6) is 0.225. The Morgan fingerprint density at radius 3 is 2.44 bits per heavy atom. The fourth-order valence-electron chi connectivity index (χ4n) is 3.58. The van der Waals surface area contributed by atoms with Crippen molar-refractivity contribution in [3.8, 4) is 5.75 Å². The molecule has 4 aromatic rings. The maximum absolute atomic E-state index is 13.3. The molecule has 0 saturated heterocycles. The maximum atomic E-state index is 13.3. The number of anilines is 1. The molecule has 0 radical (unpaired) electrons. The van der Waals surface area contributed by atoms with Gasteiger partial charge >= 0.3 is 5.69 Å². The Kier molecular flexibility index (Phi) is 5.89. The topological polar surface area (TPSA) is 82.3 Å². The summed E-state index contributed by atoms with van der Waals surface area (Å²) in [6, 6.07) is 21.4. The third-order valence-electron chi connectivity index (χ3n) is 5.25. The van der Waals surface area contributed by atoms with E-state index in [1.54, 1.807) is 55.6 Å². The minimum absolute atomic E-state index is 0.125. The normalized spacial score (nSPS) is 10.8. The Bertz CT molecular complexity index is 1400. The lowest BCUT2D eigenvalue weighted by molar-refractivity contribution is -0.116. The van der Waals surface area contributed by atoms with E-state index in [9.17, 15) is 14.4 Å². The van der Waals surface area contributed by atoms with Gasteiger partial charge in [0.15, 0.2) is 0 Å². The molecule has 7 heteroatoms. The minimum Gasteiger partial charge on any atom is -0.497 e. The molecule has 0 unspecified atom stereocenters. The van der Waals surface area contributed by atoms with Crippen molar-refractivity contribution in [2.45, 2.75) is 20.0 Å². The number of aromatic nitrogens is 2. The highest BCUT2D eigenvalue weighted by Crippen LogP contribution is 2.17. The molecule has 1 heterocycles. The number of nitrogens with one attached hydrogen (secondary N) is 1. The lowest BCUT2D eigenvalue weighted by atomic mass is 10.1. The zero-order valence-corrected chi connectivity index (χ0v) is 17.9. The van der Waals surface area contributed by atoms with Gasteiger partial charge in [0.05, 0.1) is 24.6 Å². The number of aryl methyl sites for hydroxylation is 1. The number of nitrogens with zero attached hydrogens (tertiary/aromatic N) is 2. The first kappa shape index (κ1) is 21.1. The van der Waals surface area contributed by atoms with Crippen LogP contribution in [0.4, 0.5) is 5.69 Å². The molecule has 0 bridgehead atoms. The Morgan fingerprint density at radius 1 is 0.938 bits per heavy atom. The monoisotopic (exact) mass is 429 g/mol. The number of para-hydroxylation sites is 1. The molecule has 7 nitrogen and oxygen atoms in total. The summed E-state index contributed by atoms with van der Waals surface area (Å²) in [5, 5.41) is 3.16. The molecule has 0 aliphatic heterocycles. The summed E-state index contributed by atoms with van der Waals surface area (Å²) < 4.78 is 7.69. The first-order chi connectivity index (χ1) is 15.5. The molecule has 162 valence electrons. The molecule has 0 saturated carbocycles. The van der Waals surface area contributed by atoms with Gasteiger partial charge < -0.3 is 10.1 Å². The SMILES string of the molecule is COc1cccc(NC(=O)Cn2c(=O)n(Cc3ccc(C)cc3)c(=O)c3ccccc32)c1. The molecule has 1 aromatic heterocycles. The number of fused-ring (bicyclic) bond motifs is 1. The van der Waals surface area contributed by atoms with E-state index in [1.165, 1.54) is 9.13 Å². The van der Waals surface area contributed by atoms with Gasteiger partial charge in [-0.05, 0) is 36.8 Å². The van der Waals surface area contributed by atoms with Gasteiger partial charge in [0.2, 0.25) is 5.91 Å². The Morgan fingerprint density at radius 2 is 1.69 bits per heavy atom. The van der Waals surface area contributed by atoms with E-state index in [0.717, 1.165) is 11.1 Å².